The number of aromatic hydroxyl groups is 2. The Morgan fingerprint density at radius 1 is 0.680 bits per heavy atom. The van der Waals surface area contributed by atoms with Crippen LogP contribution in [0, 0.1) is 10.1 Å². The summed E-state index contributed by atoms with van der Waals surface area (Å²) in [6.07, 6.45) is 0. The quantitative estimate of drug-likeness (QED) is 0.0461. The van der Waals surface area contributed by atoms with E-state index in [4.69, 9.17) is 0 Å². The van der Waals surface area contributed by atoms with Crippen molar-refractivity contribution in [2.24, 2.45) is 30.7 Å². The van der Waals surface area contributed by atoms with E-state index in [1.165, 1.54) is 0 Å². The first-order chi connectivity index (χ1) is 23.4. The molecule has 0 unspecified atom stereocenters. The summed E-state index contributed by atoms with van der Waals surface area (Å²) in [4.78, 5) is 43.3. The molecular weight excluding hydrogens is 710 g/mol. The van der Waals surface area contributed by atoms with E-state index in [-0.39, 0.29) is 22.4 Å². The molecule has 0 aromatic heterocycles. The van der Waals surface area contributed by atoms with Crippen LogP contribution in [0.15, 0.2) is 101 Å². The Labute approximate surface area is 277 Å². The lowest BCUT2D eigenvalue weighted by Crippen LogP contribution is -2.57. The van der Waals surface area contributed by atoms with Gasteiger partial charge in [-0.05, 0) is 47.9 Å². The number of nitro groups is 1. The number of urea groups is 1. The van der Waals surface area contributed by atoms with Crippen LogP contribution in [0.3, 0.4) is 0 Å². The predicted octanol–water partition coefficient (Wildman–Crippen LogP) is 4.30. The van der Waals surface area contributed by atoms with Crippen LogP contribution in [0.5, 0.6) is 11.5 Å². The average molecular weight is 728 g/mol. The second-order valence-electron chi connectivity index (χ2n) is 9.80. The summed E-state index contributed by atoms with van der Waals surface area (Å²) in [5.74, 6) is -4.04. The van der Waals surface area contributed by atoms with Gasteiger partial charge >= 0.3 is 6.03 Å². The standard InChI is InChI=1S/C26H17N9O13S2/c36-22-16(32-31-15-8-4-13(10-17(15)49(43,44)45)30-34-21-24(38)27-26(40)28-25(21)39)7-1-11-9-18(50(46,47)48)20(23(37)19(11)22)33-29-12-2-5-14(6-3-12)35(41)42/h1-10,21,36-37H,(H,43,44,45)(H,46,47,48)(H2,27,28,38,39,40). The summed E-state index contributed by atoms with van der Waals surface area (Å²) in [5, 5.41) is 57.8. The van der Waals surface area contributed by atoms with Gasteiger partial charge in [-0.2, -0.15) is 32.2 Å². The molecule has 256 valence electrons. The number of fused-ring (bicyclic) bond motifs is 1. The summed E-state index contributed by atoms with van der Waals surface area (Å²) in [5.41, 5.74) is -2.39. The number of amides is 4. The molecule has 22 nitrogen and oxygen atoms in total. The van der Waals surface area contributed by atoms with E-state index in [0.717, 1.165) is 60.7 Å². The minimum atomic E-state index is -5.05. The Morgan fingerprint density at radius 2 is 1.26 bits per heavy atom. The molecule has 0 aliphatic carbocycles. The predicted molar refractivity (Wildman–Crippen MR) is 165 cm³/mol. The number of phenolic OH excluding ortho intramolecular Hbond substituents is 2. The highest BCUT2D eigenvalue weighted by molar-refractivity contribution is 7.86. The van der Waals surface area contributed by atoms with E-state index in [1.807, 2.05) is 0 Å². The van der Waals surface area contributed by atoms with Crippen molar-refractivity contribution in [1.29, 1.82) is 0 Å². The number of benzene rings is 4. The van der Waals surface area contributed by atoms with Gasteiger partial charge in [0.15, 0.2) is 11.5 Å². The second-order valence-corrected chi connectivity index (χ2v) is 12.6. The molecule has 1 fully saturated rings. The average Bonchev–Trinajstić information content (AvgIpc) is 3.02. The highest BCUT2D eigenvalue weighted by Gasteiger charge is 2.34. The Balaban J connectivity index is 1.53. The molecule has 1 saturated heterocycles. The van der Waals surface area contributed by atoms with Crippen molar-refractivity contribution in [2.75, 3.05) is 0 Å². The zero-order valence-corrected chi connectivity index (χ0v) is 25.9. The molecule has 0 saturated carbocycles. The van der Waals surface area contributed by atoms with Gasteiger partial charge in [-0.1, -0.05) is 6.07 Å². The highest BCUT2D eigenvalue weighted by Crippen LogP contribution is 2.48. The number of carbonyl (C=O) groups is 3. The summed E-state index contributed by atoms with van der Waals surface area (Å²) < 4.78 is 68.1. The molecule has 0 spiro atoms. The molecule has 0 atom stereocenters. The first-order valence-electron chi connectivity index (χ1n) is 13.2. The number of azo groups is 3. The number of hydrogen-bond acceptors (Lipinski definition) is 17. The molecular formula is C26H17N9O13S2. The smallest absolute Gasteiger partial charge is 0.328 e. The summed E-state index contributed by atoms with van der Waals surface area (Å²) in [7, 11) is -10.1. The fourth-order valence-electron chi connectivity index (χ4n) is 4.23. The first kappa shape index (κ1) is 34.7. The van der Waals surface area contributed by atoms with E-state index >= 15 is 0 Å². The molecule has 0 radical (unpaired) electrons. The van der Waals surface area contributed by atoms with Crippen LogP contribution < -0.4 is 10.6 Å². The van der Waals surface area contributed by atoms with Crippen LogP contribution in [0.4, 0.5) is 38.9 Å². The summed E-state index contributed by atoms with van der Waals surface area (Å²) in [6.45, 7) is 0. The number of barbiturate groups is 1. The van der Waals surface area contributed by atoms with Crippen LogP contribution in [0.25, 0.3) is 10.8 Å². The molecule has 50 heavy (non-hydrogen) atoms. The molecule has 4 aromatic carbocycles. The van der Waals surface area contributed by atoms with Gasteiger partial charge in [0.1, 0.15) is 26.9 Å². The zero-order chi connectivity index (χ0) is 36.5. The number of imide groups is 2. The maximum atomic E-state index is 12.1. The van der Waals surface area contributed by atoms with Crippen molar-refractivity contribution in [3.63, 3.8) is 0 Å². The third-order valence-electron chi connectivity index (χ3n) is 6.52. The SMILES string of the molecule is O=C1NC(=O)C(N=Nc2ccc(N=Nc3ccc4cc(S(=O)(=O)O)c(N=Nc5ccc([N+](=O)[O-])cc5)c(O)c4c3O)c(S(=O)(=O)O)c2)C(=O)N1. The number of rotatable bonds is 9. The van der Waals surface area contributed by atoms with Gasteiger partial charge in [-0.3, -0.25) is 39.4 Å². The fourth-order valence-corrected chi connectivity index (χ4v) is 5.53. The van der Waals surface area contributed by atoms with E-state index in [9.17, 15) is 60.7 Å². The van der Waals surface area contributed by atoms with Crippen LogP contribution in [-0.4, -0.2) is 65.0 Å². The largest absolute Gasteiger partial charge is 0.505 e. The molecule has 1 aliphatic rings. The molecule has 1 aliphatic heterocycles. The molecule has 4 amide bonds. The zero-order valence-electron chi connectivity index (χ0n) is 24.3. The van der Waals surface area contributed by atoms with E-state index in [1.54, 1.807) is 10.6 Å². The number of nitrogens with one attached hydrogen (secondary N) is 2. The minimum Gasteiger partial charge on any atom is -0.505 e. The lowest BCUT2D eigenvalue weighted by atomic mass is 10.1. The van der Waals surface area contributed by atoms with Crippen molar-refractivity contribution in [3.8, 4) is 11.5 Å². The van der Waals surface area contributed by atoms with Crippen LogP contribution >= 0.6 is 0 Å². The molecule has 0 bridgehead atoms. The summed E-state index contributed by atoms with van der Waals surface area (Å²) in [6, 6.07) is 7.52. The van der Waals surface area contributed by atoms with Crippen LogP contribution in [-0.2, 0) is 29.8 Å². The van der Waals surface area contributed by atoms with Crippen molar-refractivity contribution in [1.82, 2.24) is 10.6 Å². The fraction of sp³-hybridized carbons (Fsp3) is 0.0385. The van der Waals surface area contributed by atoms with E-state index in [0.29, 0.717) is 0 Å². The summed E-state index contributed by atoms with van der Waals surface area (Å²) >= 11 is 0. The molecule has 6 N–H and O–H groups in total. The second kappa shape index (κ2) is 13.1. The van der Waals surface area contributed by atoms with Gasteiger partial charge in [-0.15, -0.1) is 15.3 Å². The molecule has 5 rings (SSSR count). The van der Waals surface area contributed by atoms with Gasteiger partial charge in [-0.25, -0.2) is 4.79 Å². The molecule has 4 aromatic rings. The monoisotopic (exact) mass is 727 g/mol. The highest BCUT2D eigenvalue weighted by atomic mass is 32.2. The van der Waals surface area contributed by atoms with Gasteiger partial charge in [0.05, 0.1) is 21.7 Å². The van der Waals surface area contributed by atoms with E-state index in [2.05, 4.69) is 30.7 Å². The third-order valence-corrected chi connectivity index (χ3v) is 8.27. The Hall–Kier alpha value is -6.63. The molecule has 24 heteroatoms. The number of non-ortho nitro benzene ring substituents is 1. The van der Waals surface area contributed by atoms with Crippen molar-refractivity contribution in [3.05, 3.63) is 70.8 Å². The normalized spacial score (nSPS) is 14.6. The molecule has 1 heterocycles. The van der Waals surface area contributed by atoms with Gasteiger partial charge in [0, 0.05) is 12.1 Å². The van der Waals surface area contributed by atoms with Crippen molar-refractivity contribution in [2.45, 2.75) is 15.8 Å². The maximum Gasteiger partial charge on any atom is 0.328 e. The number of hydrogen-bond donors (Lipinski definition) is 6. The number of nitrogens with zero attached hydrogens (tertiary/aromatic N) is 7. The lowest BCUT2D eigenvalue weighted by molar-refractivity contribution is -0.384. The third kappa shape index (κ3) is 7.26. The minimum absolute atomic E-state index is 0.0215. The lowest BCUT2D eigenvalue weighted by Gasteiger charge is -2.16. The maximum absolute atomic E-state index is 12.1. The topological polar surface area (TPSA) is 342 Å². The van der Waals surface area contributed by atoms with Gasteiger partial charge in [0.2, 0.25) is 6.04 Å². The van der Waals surface area contributed by atoms with Gasteiger partial charge < -0.3 is 10.2 Å². The number of carbonyl (C=O) groups excluding carboxylic acids is 3. The number of phenols is 2. The van der Waals surface area contributed by atoms with Crippen molar-refractivity contribution < 1.29 is 55.5 Å². The van der Waals surface area contributed by atoms with Crippen molar-refractivity contribution >= 4 is 83.0 Å². The van der Waals surface area contributed by atoms with Gasteiger partial charge in [0.25, 0.3) is 37.7 Å². The Kier molecular flexibility index (Phi) is 9.10. The Morgan fingerprint density at radius 3 is 1.86 bits per heavy atom. The number of nitro benzene ring substituents is 1. The Bertz CT molecular complexity index is 2430. The van der Waals surface area contributed by atoms with E-state index < -0.39 is 92.8 Å². The van der Waals surface area contributed by atoms with Crippen LogP contribution in [0.1, 0.15) is 0 Å². The van der Waals surface area contributed by atoms with Crippen LogP contribution in [0.2, 0.25) is 0 Å². The first-order valence-corrected chi connectivity index (χ1v) is 16.1.